The van der Waals surface area contributed by atoms with Gasteiger partial charge in [0.05, 0.1) is 0 Å². The second-order valence-electron chi connectivity index (χ2n) is 4.75. The van der Waals surface area contributed by atoms with Crippen molar-refractivity contribution in [3.63, 3.8) is 0 Å². The summed E-state index contributed by atoms with van der Waals surface area (Å²) in [6.07, 6.45) is 5.18. The van der Waals surface area contributed by atoms with Gasteiger partial charge in [-0.2, -0.15) is 0 Å². The van der Waals surface area contributed by atoms with Crippen LogP contribution in [-0.2, 0) is 9.53 Å². The molecule has 2 unspecified atom stereocenters. The maximum Gasteiger partial charge on any atom is 0.333 e. The maximum atomic E-state index is 11.6. The minimum atomic E-state index is -0.205. The highest BCUT2D eigenvalue weighted by Gasteiger charge is 2.39. The minimum Gasteiger partial charge on any atom is -0.458 e. The zero-order valence-corrected chi connectivity index (χ0v) is 10.1. The zero-order valence-electron chi connectivity index (χ0n) is 10.1. The number of hydrogen-bond donors (Lipinski definition) is 0. The van der Waals surface area contributed by atoms with Crippen molar-refractivity contribution in [2.75, 3.05) is 0 Å². The molecule has 15 heavy (non-hydrogen) atoms. The van der Waals surface area contributed by atoms with Crippen molar-refractivity contribution in [1.82, 2.24) is 0 Å². The SMILES string of the molecule is C=C(CC)C(=O)OC1CCCC1(C)CC. The highest BCUT2D eigenvalue weighted by molar-refractivity contribution is 5.87. The Bertz CT molecular complexity index is 257. The highest BCUT2D eigenvalue weighted by atomic mass is 16.5. The van der Waals surface area contributed by atoms with Crippen molar-refractivity contribution < 1.29 is 9.53 Å². The van der Waals surface area contributed by atoms with Gasteiger partial charge >= 0.3 is 5.97 Å². The second kappa shape index (κ2) is 4.82. The predicted molar refractivity (Wildman–Crippen MR) is 61.6 cm³/mol. The van der Waals surface area contributed by atoms with Crippen LogP contribution in [0.4, 0.5) is 0 Å². The minimum absolute atomic E-state index is 0.0956. The topological polar surface area (TPSA) is 26.3 Å². The molecular formula is C13H22O2. The number of hydrogen-bond acceptors (Lipinski definition) is 2. The number of esters is 1. The fourth-order valence-electron chi connectivity index (χ4n) is 2.16. The number of carbonyl (C=O) groups excluding carboxylic acids is 1. The molecule has 0 aromatic heterocycles. The molecular weight excluding hydrogens is 188 g/mol. The molecule has 0 N–H and O–H groups in total. The summed E-state index contributed by atoms with van der Waals surface area (Å²) in [7, 11) is 0. The van der Waals surface area contributed by atoms with Crippen LogP contribution in [0.3, 0.4) is 0 Å². The van der Waals surface area contributed by atoms with Crippen molar-refractivity contribution in [1.29, 1.82) is 0 Å². The van der Waals surface area contributed by atoms with E-state index in [4.69, 9.17) is 4.74 Å². The van der Waals surface area contributed by atoms with Gasteiger partial charge in [0, 0.05) is 11.0 Å². The first kappa shape index (κ1) is 12.3. The van der Waals surface area contributed by atoms with Crippen molar-refractivity contribution in [3.05, 3.63) is 12.2 Å². The summed E-state index contributed by atoms with van der Waals surface area (Å²) in [6.45, 7) is 10.0. The van der Waals surface area contributed by atoms with E-state index in [2.05, 4.69) is 20.4 Å². The maximum absolute atomic E-state index is 11.6. The molecule has 2 heteroatoms. The Labute approximate surface area is 92.7 Å². The molecule has 2 atom stereocenters. The largest absolute Gasteiger partial charge is 0.458 e. The summed E-state index contributed by atoms with van der Waals surface area (Å²) >= 11 is 0. The van der Waals surface area contributed by atoms with Crippen molar-refractivity contribution >= 4 is 5.97 Å². The summed E-state index contributed by atoms with van der Waals surface area (Å²) in [4.78, 5) is 11.6. The molecule has 0 heterocycles. The van der Waals surface area contributed by atoms with Crippen LogP contribution in [0, 0.1) is 5.41 Å². The van der Waals surface area contributed by atoms with Crippen molar-refractivity contribution in [3.8, 4) is 0 Å². The number of ether oxygens (including phenoxy) is 1. The third-order valence-corrected chi connectivity index (χ3v) is 3.76. The van der Waals surface area contributed by atoms with E-state index in [1.165, 1.54) is 12.8 Å². The normalized spacial score (nSPS) is 30.2. The van der Waals surface area contributed by atoms with Crippen molar-refractivity contribution in [2.45, 2.75) is 59.0 Å². The Morgan fingerprint density at radius 2 is 2.20 bits per heavy atom. The molecule has 0 aliphatic heterocycles. The molecule has 86 valence electrons. The molecule has 1 aliphatic carbocycles. The highest BCUT2D eigenvalue weighted by Crippen LogP contribution is 2.42. The molecule has 1 rings (SSSR count). The quantitative estimate of drug-likeness (QED) is 0.524. The zero-order chi connectivity index (χ0) is 11.5. The lowest BCUT2D eigenvalue weighted by Gasteiger charge is -2.30. The first-order chi connectivity index (χ1) is 7.03. The Morgan fingerprint density at radius 1 is 1.53 bits per heavy atom. The number of rotatable bonds is 4. The summed E-state index contributed by atoms with van der Waals surface area (Å²) in [5.41, 5.74) is 0.768. The lowest BCUT2D eigenvalue weighted by molar-refractivity contribution is -0.149. The van der Waals surface area contributed by atoms with Gasteiger partial charge in [-0.1, -0.05) is 27.4 Å². The summed E-state index contributed by atoms with van der Waals surface area (Å²) in [6, 6.07) is 0. The van der Waals surface area contributed by atoms with E-state index in [1.54, 1.807) is 0 Å². The van der Waals surface area contributed by atoms with Gasteiger partial charge in [-0.3, -0.25) is 0 Å². The van der Waals surface area contributed by atoms with Crippen molar-refractivity contribution in [2.24, 2.45) is 5.41 Å². The molecule has 0 amide bonds. The Hall–Kier alpha value is -0.790. The Kier molecular flexibility index (Phi) is 3.95. The predicted octanol–water partition coefficient (Wildman–Crippen LogP) is 3.46. The Morgan fingerprint density at radius 3 is 2.73 bits per heavy atom. The first-order valence-electron chi connectivity index (χ1n) is 5.92. The van der Waals surface area contributed by atoms with E-state index in [9.17, 15) is 4.79 Å². The van der Waals surface area contributed by atoms with Gasteiger partial charge < -0.3 is 4.74 Å². The summed E-state index contributed by atoms with van der Waals surface area (Å²) < 4.78 is 5.53. The fraction of sp³-hybridized carbons (Fsp3) is 0.769. The van der Waals surface area contributed by atoms with Gasteiger partial charge in [-0.15, -0.1) is 0 Å². The average Bonchev–Trinajstić information content (AvgIpc) is 2.60. The lowest BCUT2D eigenvalue weighted by atomic mass is 9.84. The molecule has 2 nitrogen and oxygen atoms in total. The van der Waals surface area contributed by atoms with Gasteiger partial charge in [-0.25, -0.2) is 4.79 Å². The van der Waals surface area contributed by atoms with Gasteiger partial charge in [0.2, 0.25) is 0 Å². The van der Waals surface area contributed by atoms with Gasteiger partial charge in [-0.05, 0) is 32.1 Å². The van der Waals surface area contributed by atoms with Crippen LogP contribution in [0.25, 0.3) is 0 Å². The summed E-state index contributed by atoms with van der Waals surface area (Å²) in [5.74, 6) is -0.205. The smallest absolute Gasteiger partial charge is 0.333 e. The van der Waals surface area contributed by atoms with Gasteiger partial charge in [0.1, 0.15) is 6.10 Å². The first-order valence-corrected chi connectivity index (χ1v) is 5.92. The molecule has 0 bridgehead atoms. The molecule has 0 saturated heterocycles. The lowest BCUT2D eigenvalue weighted by Crippen LogP contribution is -2.31. The molecule has 0 aromatic carbocycles. The molecule has 1 saturated carbocycles. The average molecular weight is 210 g/mol. The Balaban J connectivity index is 2.58. The van der Waals surface area contributed by atoms with Crippen LogP contribution in [0.2, 0.25) is 0 Å². The molecule has 1 aliphatic rings. The van der Waals surface area contributed by atoms with Crippen LogP contribution in [0.15, 0.2) is 12.2 Å². The molecule has 0 aromatic rings. The fourth-order valence-corrected chi connectivity index (χ4v) is 2.16. The van der Waals surface area contributed by atoms with E-state index in [0.29, 0.717) is 12.0 Å². The standard InChI is InChI=1S/C13H22O2/c1-5-10(3)12(14)15-11-8-7-9-13(11,4)6-2/h11H,3,5-9H2,1-2,4H3. The third-order valence-electron chi connectivity index (χ3n) is 3.76. The monoisotopic (exact) mass is 210 g/mol. The van der Waals surface area contributed by atoms with Gasteiger partial charge in [0.25, 0.3) is 0 Å². The van der Waals surface area contributed by atoms with E-state index in [0.717, 1.165) is 12.8 Å². The van der Waals surface area contributed by atoms with Crippen LogP contribution in [0.5, 0.6) is 0 Å². The molecule has 1 fully saturated rings. The van der Waals surface area contributed by atoms with Crippen LogP contribution < -0.4 is 0 Å². The molecule has 0 radical (unpaired) electrons. The van der Waals surface area contributed by atoms with Gasteiger partial charge in [0.15, 0.2) is 0 Å². The van der Waals surface area contributed by atoms with E-state index < -0.39 is 0 Å². The van der Waals surface area contributed by atoms with Crippen LogP contribution in [-0.4, -0.2) is 12.1 Å². The summed E-state index contributed by atoms with van der Waals surface area (Å²) in [5, 5.41) is 0. The molecule has 0 spiro atoms. The van der Waals surface area contributed by atoms with E-state index in [-0.39, 0.29) is 17.5 Å². The van der Waals surface area contributed by atoms with Crippen LogP contribution >= 0.6 is 0 Å². The van der Waals surface area contributed by atoms with Crippen LogP contribution in [0.1, 0.15) is 52.9 Å². The van der Waals surface area contributed by atoms with E-state index in [1.807, 2.05) is 6.92 Å². The van der Waals surface area contributed by atoms with E-state index >= 15 is 0 Å². The second-order valence-corrected chi connectivity index (χ2v) is 4.75. The third kappa shape index (κ3) is 2.61. The number of carbonyl (C=O) groups is 1.